The molecule has 0 aliphatic carbocycles. The van der Waals surface area contributed by atoms with Crippen LogP contribution in [-0.4, -0.2) is 51.1 Å². The second-order valence-corrected chi connectivity index (χ2v) is 3.40. The molecule has 0 atom stereocenters. The molecule has 0 amide bonds. The summed E-state index contributed by atoms with van der Waals surface area (Å²) in [4.78, 5) is 4.17. The third-order valence-corrected chi connectivity index (χ3v) is 1.03. The van der Waals surface area contributed by atoms with E-state index >= 15 is 0 Å². The van der Waals surface area contributed by atoms with Gasteiger partial charge in [-0.1, -0.05) is 13.8 Å². The van der Waals surface area contributed by atoms with Gasteiger partial charge in [-0.2, -0.15) is 0 Å². The van der Waals surface area contributed by atoms with E-state index < -0.39 is 0 Å². The first kappa shape index (κ1) is 17.9. The van der Waals surface area contributed by atoms with Gasteiger partial charge in [-0.05, 0) is 49.1 Å². The number of hydrogen-bond donors (Lipinski definition) is 0. The highest BCUT2D eigenvalue weighted by atomic mass is 15.1. The zero-order valence-corrected chi connectivity index (χ0v) is 10.5. The van der Waals surface area contributed by atoms with E-state index in [-0.39, 0.29) is 0 Å². The maximum Gasteiger partial charge on any atom is 0.00324 e. The zero-order valence-electron chi connectivity index (χ0n) is 10.5. The van der Waals surface area contributed by atoms with Crippen molar-refractivity contribution >= 4 is 0 Å². The van der Waals surface area contributed by atoms with Gasteiger partial charge in [0.25, 0.3) is 0 Å². The summed E-state index contributed by atoms with van der Waals surface area (Å²) in [6.07, 6.45) is 0. The SMILES string of the molecule is CC.CC(C)N(C)C.CN(C)C. The lowest BCUT2D eigenvalue weighted by Crippen LogP contribution is -2.20. The quantitative estimate of drug-likeness (QED) is 0.604. The molecule has 0 bridgehead atoms. The summed E-state index contributed by atoms with van der Waals surface area (Å²) >= 11 is 0. The summed E-state index contributed by atoms with van der Waals surface area (Å²) in [7, 11) is 10.1. The number of rotatable bonds is 1. The maximum atomic E-state index is 2.17. The second-order valence-electron chi connectivity index (χ2n) is 3.40. The molecule has 0 aromatic heterocycles. The van der Waals surface area contributed by atoms with Crippen molar-refractivity contribution in [2.75, 3.05) is 35.2 Å². The lowest BCUT2D eigenvalue weighted by molar-refractivity contribution is 0.335. The zero-order chi connectivity index (χ0) is 10.7. The average Bonchev–Trinajstić information content (AvgIpc) is 1.90. The topological polar surface area (TPSA) is 6.48 Å². The maximum absolute atomic E-state index is 2.17. The molecule has 0 fully saturated rings. The third-order valence-electron chi connectivity index (χ3n) is 1.03. The summed E-state index contributed by atoms with van der Waals surface area (Å²) < 4.78 is 0. The van der Waals surface area contributed by atoms with Crippen molar-refractivity contribution in [1.29, 1.82) is 0 Å². The molecule has 2 heteroatoms. The van der Waals surface area contributed by atoms with Crippen LogP contribution in [0.5, 0.6) is 0 Å². The molecule has 0 unspecified atom stereocenters. The largest absolute Gasteiger partial charge is 0.312 e. The molecular formula is C10H28N2. The van der Waals surface area contributed by atoms with Crippen LogP contribution in [0.25, 0.3) is 0 Å². The molecule has 0 spiro atoms. The van der Waals surface area contributed by atoms with Gasteiger partial charge in [0.15, 0.2) is 0 Å². The summed E-state index contributed by atoms with van der Waals surface area (Å²) in [5.74, 6) is 0. The predicted molar refractivity (Wildman–Crippen MR) is 59.8 cm³/mol. The third kappa shape index (κ3) is 51.4. The fourth-order valence-corrected chi connectivity index (χ4v) is 0. The normalized spacial score (nSPS) is 9.00. The summed E-state index contributed by atoms with van der Waals surface area (Å²) in [5.41, 5.74) is 0. The Morgan fingerprint density at radius 3 is 0.833 bits per heavy atom. The second kappa shape index (κ2) is 13.5. The van der Waals surface area contributed by atoms with Gasteiger partial charge in [-0.25, -0.2) is 0 Å². The summed E-state index contributed by atoms with van der Waals surface area (Å²) in [5, 5.41) is 0. The van der Waals surface area contributed by atoms with E-state index in [0.29, 0.717) is 6.04 Å². The molecule has 2 nitrogen and oxygen atoms in total. The minimum atomic E-state index is 0.685. The van der Waals surface area contributed by atoms with E-state index in [0.717, 1.165) is 0 Å². The monoisotopic (exact) mass is 176 g/mol. The van der Waals surface area contributed by atoms with Gasteiger partial charge in [-0.15, -0.1) is 0 Å². The molecule has 0 saturated heterocycles. The fraction of sp³-hybridized carbons (Fsp3) is 1.00. The Hall–Kier alpha value is -0.0800. The van der Waals surface area contributed by atoms with Gasteiger partial charge < -0.3 is 9.80 Å². The number of nitrogens with zero attached hydrogens (tertiary/aromatic N) is 2. The van der Waals surface area contributed by atoms with Crippen molar-refractivity contribution in [2.24, 2.45) is 0 Å². The van der Waals surface area contributed by atoms with Crippen molar-refractivity contribution in [2.45, 2.75) is 33.7 Å². The lowest BCUT2D eigenvalue weighted by atomic mass is 10.4. The van der Waals surface area contributed by atoms with Gasteiger partial charge >= 0.3 is 0 Å². The van der Waals surface area contributed by atoms with E-state index in [1.54, 1.807) is 0 Å². The first-order chi connectivity index (χ1) is 5.37. The van der Waals surface area contributed by atoms with Gasteiger partial charge in [0, 0.05) is 6.04 Å². The van der Waals surface area contributed by atoms with Crippen LogP contribution in [-0.2, 0) is 0 Å². The molecule has 0 aliphatic rings. The van der Waals surface area contributed by atoms with E-state index in [2.05, 4.69) is 32.8 Å². The Labute approximate surface area is 79.6 Å². The Kier molecular flexibility index (Phi) is 20.1. The van der Waals surface area contributed by atoms with Crippen LogP contribution in [0.1, 0.15) is 27.7 Å². The molecule has 0 heterocycles. The van der Waals surface area contributed by atoms with Crippen LogP contribution in [0.2, 0.25) is 0 Å². The van der Waals surface area contributed by atoms with Gasteiger partial charge in [0.2, 0.25) is 0 Å². The molecule has 0 rings (SSSR count). The van der Waals surface area contributed by atoms with E-state index in [9.17, 15) is 0 Å². The van der Waals surface area contributed by atoms with Crippen molar-refractivity contribution < 1.29 is 0 Å². The Balaban J connectivity index is -0.000000118. The molecule has 0 aromatic carbocycles. The Morgan fingerprint density at radius 1 is 0.750 bits per heavy atom. The van der Waals surface area contributed by atoms with Crippen LogP contribution >= 0.6 is 0 Å². The standard InChI is InChI=1S/C5H13N.C3H9N.C2H6/c1-5(2)6(3)4;1-4(2)3;1-2/h5H,1-4H3;1-3H3;1-2H3. The first-order valence-corrected chi connectivity index (χ1v) is 4.65. The van der Waals surface area contributed by atoms with Gasteiger partial charge in [-0.3, -0.25) is 0 Å². The van der Waals surface area contributed by atoms with Crippen molar-refractivity contribution in [3.63, 3.8) is 0 Å². The molecule has 0 radical (unpaired) electrons. The first-order valence-electron chi connectivity index (χ1n) is 4.65. The highest BCUT2D eigenvalue weighted by Gasteiger charge is 1.90. The van der Waals surface area contributed by atoms with Crippen LogP contribution in [0.15, 0.2) is 0 Å². The lowest BCUT2D eigenvalue weighted by Gasteiger charge is -2.12. The van der Waals surface area contributed by atoms with Crippen LogP contribution < -0.4 is 0 Å². The van der Waals surface area contributed by atoms with Crippen LogP contribution in [0.4, 0.5) is 0 Å². The van der Waals surface area contributed by atoms with Gasteiger partial charge in [0.1, 0.15) is 0 Å². The van der Waals surface area contributed by atoms with Crippen LogP contribution in [0.3, 0.4) is 0 Å². The van der Waals surface area contributed by atoms with Crippen molar-refractivity contribution in [3.8, 4) is 0 Å². The molecular weight excluding hydrogens is 148 g/mol. The highest BCUT2D eigenvalue weighted by molar-refractivity contribution is 4.46. The van der Waals surface area contributed by atoms with E-state index in [1.165, 1.54) is 0 Å². The predicted octanol–water partition coefficient (Wildman–Crippen LogP) is 2.16. The molecule has 0 aliphatic heterocycles. The van der Waals surface area contributed by atoms with Crippen molar-refractivity contribution in [1.82, 2.24) is 9.80 Å². The minimum absolute atomic E-state index is 0.685. The smallest absolute Gasteiger partial charge is 0.00324 e. The molecule has 0 N–H and O–H groups in total. The van der Waals surface area contributed by atoms with Crippen LogP contribution in [0, 0.1) is 0 Å². The average molecular weight is 176 g/mol. The molecule has 12 heavy (non-hydrogen) atoms. The highest BCUT2D eigenvalue weighted by Crippen LogP contribution is 1.84. The summed E-state index contributed by atoms with van der Waals surface area (Å²) in [6.45, 7) is 8.33. The van der Waals surface area contributed by atoms with E-state index in [4.69, 9.17) is 0 Å². The fourth-order valence-electron chi connectivity index (χ4n) is 0. The number of hydrogen-bond acceptors (Lipinski definition) is 2. The molecule has 0 saturated carbocycles. The molecule has 78 valence electrons. The summed E-state index contributed by atoms with van der Waals surface area (Å²) in [6, 6.07) is 0.685. The van der Waals surface area contributed by atoms with E-state index in [1.807, 2.05) is 39.9 Å². The molecule has 0 aromatic rings. The van der Waals surface area contributed by atoms with Crippen molar-refractivity contribution in [3.05, 3.63) is 0 Å². The van der Waals surface area contributed by atoms with Gasteiger partial charge in [0.05, 0.1) is 0 Å². The Bertz CT molecular complexity index is 50.1. The minimum Gasteiger partial charge on any atom is -0.312 e. The Morgan fingerprint density at radius 2 is 0.833 bits per heavy atom.